The van der Waals surface area contributed by atoms with E-state index in [1.54, 1.807) is 30.6 Å². The number of rotatable bonds is 7. The van der Waals surface area contributed by atoms with Crippen LogP contribution in [0.4, 0.5) is 11.4 Å². The summed E-state index contributed by atoms with van der Waals surface area (Å²) in [4.78, 5) is 16.3. The number of nitro groups is 1. The highest BCUT2D eigenvalue weighted by Gasteiger charge is 2.11. The molecule has 156 valence electrons. The van der Waals surface area contributed by atoms with Crippen molar-refractivity contribution >= 4 is 22.7 Å². The molecule has 0 aliphatic carbocycles. The quantitative estimate of drug-likeness (QED) is 0.282. The van der Waals surface area contributed by atoms with Crippen molar-refractivity contribution in [3.05, 3.63) is 105 Å². The van der Waals surface area contributed by atoms with Crippen LogP contribution >= 0.6 is 11.3 Å². The first-order valence-corrected chi connectivity index (χ1v) is 10.7. The van der Waals surface area contributed by atoms with E-state index in [2.05, 4.69) is 22.1 Å². The molecule has 6 nitrogen and oxygen atoms in total. The van der Waals surface area contributed by atoms with Gasteiger partial charge in [-0.2, -0.15) is 0 Å². The van der Waals surface area contributed by atoms with E-state index in [0.717, 1.165) is 40.5 Å². The topological polar surface area (TPSA) is 69.7 Å². The molecule has 31 heavy (non-hydrogen) atoms. The van der Waals surface area contributed by atoms with Gasteiger partial charge in [0.05, 0.1) is 23.4 Å². The average molecular weight is 432 g/mol. The molecule has 1 heterocycles. The van der Waals surface area contributed by atoms with Crippen LogP contribution in [-0.4, -0.2) is 16.6 Å². The first kappa shape index (κ1) is 20.6. The van der Waals surface area contributed by atoms with Crippen molar-refractivity contribution < 1.29 is 9.66 Å². The Kier molecular flexibility index (Phi) is 6.24. The van der Waals surface area contributed by atoms with Crippen LogP contribution in [-0.2, 0) is 13.0 Å². The van der Waals surface area contributed by atoms with E-state index in [-0.39, 0.29) is 10.6 Å². The van der Waals surface area contributed by atoms with Gasteiger partial charge in [0.1, 0.15) is 5.75 Å². The van der Waals surface area contributed by atoms with E-state index in [1.807, 2.05) is 42.5 Å². The van der Waals surface area contributed by atoms with Crippen molar-refractivity contribution in [2.45, 2.75) is 13.0 Å². The minimum atomic E-state index is -0.384. The highest BCUT2D eigenvalue weighted by atomic mass is 32.1. The zero-order chi connectivity index (χ0) is 21.6. The fourth-order valence-electron chi connectivity index (χ4n) is 3.27. The molecule has 0 bridgehead atoms. The lowest BCUT2D eigenvalue weighted by molar-refractivity contribution is -0.384. The summed E-state index contributed by atoms with van der Waals surface area (Å²) < 4.78 is 7.40. The summed E-state index contributed by atoms with van der Waals surface area (Å²) in [5, 5.41) is 13.1. The van der Waals surface area contributed by atoms with Crippen LogP contribution in [0.25, 0.3) is 11.3 Å². The maximum atomic E-state index is 11.0. The lowest BCUT2D eigenvalue weighted by atomic mass is 10.1. The SMILES string of the molecule is COc1ccc(N=c2scc(-c3ccc([N+](=O)[O-])cc3)n2CCc2ccccc2)cc1. The molecule has 0 unspecified atom stereocenters. The Morgan fingerprint density at radius 2 is 1.71 bits per heavy atom. The molecule has 0 N–H and O–H groups in total. The molecule has 0 atom stereocenters. The Labute approximate surface area is 183 Å². The molecular weight excluding hydrogens is 410 g/mol. The highest BCUT2D eigenvalue weighted by Crippen LogP contribution is 2.24. The van der Waals surface area contributed by atoms with E-state index >= 15 is 0 Å². The van der Waals surface area contributed by atoms with Crippen LogP contribution in [0.15, 0.2) is 89.2 Å². The zero-order valence-electron chi connectivity index (χ0n) is 17.0. The Balaban J connectivity index is 1.73. The van der Waals surface area contributed by atoms with Crippen LogP contribution in [0, 0.1) is 10.1 Å². The summed E-state index contributed by atoms with van der Waals surface area (Å²) in [6, 6.07) is 24.6. The number of aromatic nitrogens is 1. The smallest absolute Gasteiger partial charge is 0.269 e. The number of aryl methyl sites for hydroxylation is 1. The molecule has 4 aromatic rings. The van der Waals surface area contributed by atoms with Crippen LogP contribution in [0.2, 0.25) is 0 Å². The van der Waals surface area contributed by atoms with Gasteiger partial charge in [-0.15, -0.1) is 11.3 Å². The van der Waals surface area contributed by atoms with Gasteiger partial charge in [-0.05, 0) is 53.9 Å². The lowest BCUT2D eigenvalue weighted by Crippen LogP contribution is -2.17. The number of thiazole rings is 1. The Bertz CT molecular complexity index is 1230. The largest absolute Gasteiger partial charge is 0.497 e. The second kappa shape index (κ2) is 9.40. The summed E-state index contributed by atoms with van der Waals surface area (Å²) in [6.45, 7) is 0.745. The van der Waals surface area contributed by atoms with Crippen molar-refractivity contribution in [3.8, 4) is 17.0 Å². The number of benzene rings is 3. The van der Waals surface area contributed by atoms with Crippen molar-refractivity contribution in [3.63, 3.8) is 0 Å². The van der Waals surface area contributed by atoms with Crippen molar-refractivity contribution in [2.24, 2.45) is 4.99 Å². The van der Waals surface area contributed by atoms with Gasteiger partial charge in [-0.3, -0.25) is 10.1 Å². The van der Waals surface area contributed by atoms with E-state index in [9.17, 15) is 10.1 Å². The van der Waals surface area contributed by atoms with Crippen LogP contribution in [0.3, 0.4) is 0 Å². The summed E-state index contributed by atoms with van der Waals surface area (Å²) in [7, 11) is 1.64. The van der Waals surface area contributed by atoms with E-state index in [4.69, 9.17) is 9.73 Å². The Morgan fingerprint density at radius 1 is 1.00 bits per heavy atom. The summed E-state index contributed by atoms with van der Waals surface area (Å²) in [5.74, 6) is 0.786. The first-order chi connectivity index (χ1) is 15.1. The van der Waals surface area contributed by atoms with Crippen molar-refractivity contribution in [1.82, 2.24) is 4.57 Å². The monoisotopic (exact) mass is 431 g/mol. The van der Waals surface area contributed by atoms with Gasteiger partial charge >= 0.3 is 0 Å². The lowest BCUT2D eigenvalue weighted by Gasteiger charge is -2.10. The number of nitro benzene ring substituents is 1. The molecule has 0 aliphatic rings. The molecular formula is C24H21N3O3S. The predicted octanol–water partition coefficient (Wildman–Crippen LogP) is 5.61. The molecule has 4 rings (SSSR count). The maximum Gasteiger partial charge on any atom is 0.269 e. The van der Waals surface area contributed by atoms with Crippen LogP contribution < -0.4 is 9.54 Å². The normalized spacial score (nSPS) is 11.5. The molecule has 7 heteroatoms. The minimum Gasteiger partial charge on any atom is -0.497 e. The van der Waals surface area contributed by atoms with Crippen molar-refractivity contribution in [1.29, 1.82) is 0 Å². The maximum absolute atomic E-state index is 11.0. The standard InChI is InChI=1S/C24H21N3O3S/c1-30-22-13-9-20(10-14-22)25-24-26(16-15-18-5-3-2-4-6-18)23(17-31-24)19-7-11-21(12-8-19)27(28)29/h2-14,17H,15-16H2,1H3. The molecule has 0 fully saturated rings. The molecule has 0 saturated carbocycles. The second-order valence-corrected chi connectivity index (χ2v) is 7.74. The minimum absolute atomic E-state index is 0.0814. The predicted molar refractivity (Wildman–Crippen MR) is 123 cm³/mol. The number of non-ortho nitro benzene ring substituents is 1. The third-order valence-electron chi connectivity index (χ3n) is 4.94. The molecule has 0 amide bonds. The van der Waals surface area contributed by atoms with Crippen molar-refractivity contribution in [2.75, 3.05) is 7.11 Å². The number of ether oxygens (including phenoxy) is 1. The van der Waals surface area contributed by atoms with Gasteiger partial charge in [0.15, 0.2) is 4.80 Å². The third-order valence-corrected chi connectivity index (χ3v) is 5.80. The van der Waals surface area contributed by atoms with Crippen LogP contribution in [0.5, 0.6) is 5.75 Å². The molecule has 0 spiro atoms. The van der Waals surface area contributed by atoms with Gasteiger partial charge in [-0.25, -0.2) is 4.99 Å². The Morgan fingerprint density at radius 3 is 2.35 bits per heavy atom. The van der Waals surface area contributed by atoms with Gasteiger partial charge in [0.25, 0.3) is 5.69 Å². The van der Waals surface area contributed by atoms with Gasteiger partial charge in [0, 0.05) is 24.1 Å². The average Bonchev–Trinajstić information content (AvgIpc) is 3.21. The number of methoxy groups -OCH3 is 1. The fourth-order valence-corrected chi connectivity index (χ4v) is 4.23. The number of hydrogen-bond acceptors (Lipinski definition) is 5. The highest BCUT2D eigenvalue weighted by molar-refractivity contribution is 7.07. The van der Waals surface area contributed by atoms with Crippen LogP contribution in [0.1, 0.15) is 5.56 Å². The van der Waals surface area contributed by atoms with Gasteiger partial charge in [0.2, 0.25) is 0 Å². The Hall–Kier alpha value is -3.71. The molecule has 3 aromatic carbocycles. The molecule has 0 aliphatic heterocycles. The summed E-state index contributed by atoms with van der Waals surface area (Å²) >= 11 is 1.55. The zero-order valence-corrected chi connectivity index (χ0v) is 17.8. The second-order valence-electron chi connectivity index (χ2n) is 6.90. The van der Waals surface area contributed by atoms with Gasteiger partial charge in [-0.1, -0.05) is 30.3 Å². The number of hydrogen-bond donors (Lipinski definition) is 0. The van der Waals surface area contributed by atoms with E-state index in [1.165, 1.54) is 17.7 Å². The molecule has 0 saturated heterocycles. The third kappa shape index (κ3) is 4.90. The van der Waals surface area contributed by atoms with E-state index in [0.29, 0.717) is 0 Å². The molecule has 1 aromatic heterocycles. The fraction of sp³-hybridized carbons (Fsp3) is 0.125. The summed E-state index contributed by atoms with van der Waals surface area (Å²) in [5.41, 5.74) is 4.07. The molecule has 0 radical (unpaired) electrons. The van der Waals surface area contributed by atoms with E-state index < -0.39 is 0 Å². The van der Waals surface area contributed by atoms with Gasteiger partial charge < -0.3 is 9.30 Å². The first-order valence-electron chi connectivity index (χ1n) is 9.80. The number of nitrogens with zero attached hydrogens (tertiary/aromatic N) is 3. The summed E-state index contributed by atoms with van der Waals surface area (Å²) in [6.07, 6.45) is 0.855.